The zero-order valence-electron chi connectivity index (χ0n) is 55.9. The third-order valence-electron chi connectivity index (χ3n) is 12.7. The number of benzene rings is 1. The maximum Gasteiger partial charge on any atom is 0.305 e. The fourth-order valence-electron chi connectivity index (χ4n) is 8.03. The van der Waals surface area contributed by atoms with Crippen molar-refractivity contribution in [1.82, 2.24) is 53.2 Å². The number of nitrogens with two attached hydrogens (primary N) is 4. The summed E-state index contributed by atoms with van der Waals surface area (Å²) in [6.07, 6.45) is 0.0834. The number of primary amides is 1. The van der Waals surface area contributed by atoms with Gasteiger partial charge in [0.15, 0.2) is 5.96 Å². The Kier molecular flexibility index (Phi) is 44.0. The number of hydrogen-bond acceptors (Lipinski definition) is 21. The van der Waals surface area contributed by atoms with E-state index in [4.69, 9.17) is 41.9 Å². The Morgan fingerprint density at radius 3 is 1.71 bits per heavy atom. The van der Waals surface area contributed by atoms with Gasteiger partial charge in [-0.3, -0.25) is 62.5 Å². The molecule has 538 valence electrons. The highest BCUT2D eigenvalue weighted by Crippen LogP contribution is 2.25. The first-order valence-corrected chi connectivity index (χ1v) is 34.4. The minimum absolute atomic E-state index is 0.0149. The molecule has 2 rings (SSSR count). The number of carbonyl (C=O) groups excluding carboxylic acids is 11. The van der Waals surface area contributed by atoms with E-state index >= 15 is 0 Å². The molecule has 1 aliphatic rings. The molecule has 0 radical (unpaired) electrons. The van der Waals surface area contributed by atoms with Crippen LogP contribution in [0.1, 0.15) is 99.5 Å². The van der Waals surface area contributed by atoms with Crippen LogP contribution in [0.25, 0.3) is 0 Å². The van der Waals surface area contributed by atoms with Crippen molar-refractivity contribution >= 4 is 112 Å². The molecule has 1 saturated heterocycles. The van der Waals surface area contributed by atoms with E-state index in [0.717, 1.165) is 11.8 Å². The van der Waals surface area contributed by atoms with Gasteiger partial charge < -0.3 is 100 Å². The van der Waals surface area contributed by atoms with E-state index < -0.39 is 130 Å². The zero-order valence-corrected chi connectivity index (χ0v) is 58.3. The summed E-state index contributed by atoms with van der Waals surface area (Å²) in [4.78, 5) is 164. The highest BCUT2D eigenvalue weighted by atomic mass is 32.2. The quantitative estimate of drug-likeness (QED) is 0.0194. The van der Waals surface area contributed by atoms with Gasteiger partial charge in [-0.1, -0.05) is 71.9 Å². The van der Waals surface area contributed by atoms with Crippen LogP contribution in [0.4, 0.5) is 0 Å². The molecule has 1 aliphatic heterocycles. The Bertz CT molecular complexity index is 2600. The van der Waals surface area contributed by atoms with Gasteiger partial charge in [-0.2, -0.15) is 23.5 Å². The largest absolute Gasteiger partial charge is 0.481 e. The van der Waals surface area contributed by atoms with Crippen LogP contribution in [0, 0.1) is 0 Å². The van der Waals surface area contributed by atoms with Crippen LogP contribution in [0.2, 0.25) is 0 Å². The van der Waals surface area contributed by atoms with Gasteiger partial charge in [0.25, 0.3) is 0 Å². The van der Waals surface area contributed by atoms with Crippen LogP contribution in [0.15, 0.2) is 35.3 Å². The van der Waals surface area contributed by atoms with Crippen LogP contribution >= 0.6 is 35.3 Å². The van der Waals surface area contributed by atoms with Crippen molar-refractivity contribution in [3.05, 3.63) is 35.9 Å². The third-order valence-corrected chi connectivity index (χ3v) is 16.5. The first-order valence-electron chi connectivity index (χ1n) is 31.3. The van der Waals surface area contributed by atoms with E-state index in [9.17, 15) is 62.6 Å². The molecule has 1 aromatic carbocycles. The Balaban J connectivity index is 0.00000230. The number of aliphatic imine (C=N–C) groups is 1. The fraction of sp³-hybridized carbons (Fsp3) is 0.683. The number of carbonyl (C=O) groups is 12. The third kappa shape index (κ3) is 42.9. The molecule has 35 heteroatoms. The smallest absolute Gasteiger partial charge is 0.305 e. The van der Waals surface area contributed by atoms with Gasteiger partial charge in [-0.15, -0.1) is 11.8 Å². The summed E-state index contributed by atoms with van der Waals surface area (Å²) < 4.78 is 19.4. The lowest BCUT2D eigenvalue weighted by Gasteiger charge is -2.28. The number of thioether (sulfide) groups is 3. The SMILES string of the molecule is CCOCCNC(=O)[C@@H]1CSCC(=O)N[C@@H](CCCCN)C(=O)N[C@@H](CSC(C)(C)C)C(=O)N[C@@H](CCCN=C(N)N)C(=O)NCC(=O)N[C@@H](CC(=O)O)C(=O)N[C@@H](CSC(C)(C)C)C(=O)N[C@@H](Cc2ccccc2)C(=O)N1.CCOCCOCCNC(=O)COCC(N)=O. The van der Waals surface area contributed by atoms with Crippen molar-refractivity contribution in [2.24, 2.45) is 27.9 Å². The summed E-state index contributed by atoms with van der Waals surface area (Å²) in [6, 6.07) is -1.02. The average molecular weight is 1400 g/mol. The highest BCUT2D eigenvalue weighted by Gasteiger charge is 2.35. The molecule has 0 aliphatic carbocycles. The molecule has 0 aromatic heterocycles. The lowest BCUT2D eigenvalue weighted by atomic mass is 10.0. The topological polar surface area (TPSA) is 499 Å². The molecule has 19 N–H and O–H groups in total. The van der Waals surface area contributed by atoms with E-state index in [1.165, 1.54) is 23.5 Å². The molecule has 0 spiro atoms. The standard InChI is InChI=1S/C50H83N13O12S3.C10H20N2O5/c1-8-75-22-21-54-42(69)35-26-76-29-39(65)57-32(17-12-13-19-51)43(70)62-36(27-77-49(2,3)4)46(73)59-31(18-14-20-55-48(52)53)41(68)56-25-38(64)58-34(24-40(66)67)45(72)63-37(28-78-50(5,6)7)47(74)60-33(44(71)61-35)23-30-15-10-9-11-16-30;1-2-15-5-6-16-4-3-12-10(14)8-17-7-9(11)13/h9-11,15-16,31-37H,8,12-14,17-29,51H2,1-7H3,(H,54,69)(H,56,68)(H,57,65)(H,58,64)(H,59,73)(H,60,74)(H,61,71)(H,62,70)(H,63,72)(H,66,67)(H4,52,53,55);2-8H2,1H3,(H2,11,13)(H,12,14)/t31-,32-,33-,34-,35-,36-,37-;/m0./s1. The first kappa shape index (κ1) is 86.0. The number of rotatable bonds is 32. The number of carboxylic acid groups (broad SMARTS) is 1. The molecular weight excluding hydrogens is 1300 g/mol. The van der Waals surface area contributed by atoms with Crippen molar-refractivity contribution in [1.29, 1.82) is 0 Å². The lowest BCUT2D eigenvalue weighted by molar-refractivity contribution is -0.141. The number of amides is 11. The first-order chi connectivity index (χ1) is 44.9. The Morgan fingerprint density at radius 1 is 0.611 bits per heavy atom. The van der Waals surface area contributed by atoms with Crippen molar-refractivity contribution in [2.75, 3.05) is 109 Å². The Labute approximate surface area is 568 Å². The number of nitrogens with one attached hydrogen (secondary N) is 10. The van der Waals surface area contributed by atoms with Crippen molar-refractivity contribution in [3.63, 3.8) is 0 Å². The van der Waals surface area contributed by atoms with Gasteiger partial charge in [0.05, 0.1) is 45.1 Å². The molecule has 0 bridgehead atoms. The molecule has 0 saturated carbocycles. The number of guanidine groups is 1. The van der Waals surface area contributed by atoms with Crippen LogP contribution in [-0.2, 0) is 82.9 Å². The van der Waals surface area contributed by atoms with Gasteiger partial charge in [0.2, 0.25) is 65.0 Å². The molecule has 11 amide bonds. The minimum Gasteiger partial charge on any atom is -0.481 e. The second-order valence-corrected chi connectivity index (χ2v) is 28.0. The molecule has 95 heavy (non-hydrogen) atoms. The predicted octanol–water partition coefficient (Wildman–Crippen LogP) is -2.98. The van der Waals surface area contributed by atoms with E-state index in [-0.39, 0.29) is 93.5 Å². The number of hydrogen-bond donors (Lipinski definition) is 15. The van der Waals surface area contributed by atoms with Crippen LogP contribution in [0.5, 0.6) is 0 Å². The van der Waals surface area contributed by atoms with E-state index in [1.54, 1.807) is 37.3 Å². The number of unbranched alkanes of at least 4 members (excludes halogenated alkanes) is 1. The molecule has 1 heterocycles. The zero-order chi connectivity index (χ0) is 71.4. The number of carboxylic acids is 1. The molecule has 1 fully saturated rings. The predicted molar refractivity (Wildman–Crippen MR) is 363 cm³/mol. The summed E-state index contributed by atoms with van der Waals surface area (Å²) in [6.45, 7) is 17.2. The monoisotopic (exact) mass is 1400 g/mol. The summed E-state index contributed by atoms with van der Waals surface area (Å²) in [5.41, 5.74) is 22.2. The van der Waals surface area contributed by atoms with Crippen LogP contribution in [0.3, 0.4) is 0 Å². The van der Waals surface area contributed by atoms with Gasteiger partial charge >= 0.3 is 5.97 Å². The Hall–Kier alpha value is -7.02. The highest BCUT2D eigenvalue weighted by molar-refractivity contribution is 8.01. The molecule has 0 unspecified atom stereocenters. The number of aliphatic carboxylic acids is 1. The normalized spacial score (nSPS) is 20.2. The fourth-order valence-corrected chi connectivity index (χ4v) is 10.7. The molecule has 32 nitrogen and oxygen atoms in total. The second-order valence-electron chi connectivity index (χ2n) is 23.3. The minimum atomic E-state index is -1.78. The van der Waals surface area contributed by atoms with Crippen molar-refractivity contribution in [3.8, 4) is 0 Å². The van der Waals surface area contributed by atoms with Crippen molar-refractivity contribution in [2.45, 2.75) is 152 Å². The van der Waals surface area contributed by atoms with Crippen LogP contribution in [-0.4, -0.2) is 242 Å². The van der Waals surface area contributed by atoms with Crippen LogP contribution < -0.4 is 76.1 Å². The van der Waals surface area contributed by atoms with E-state index in [2.05, 4.69) is 58.2 Å². The summed E-state index contributed by atoms with van der Waals surface area (Å²) in [5, 5.41) is 36.0. The van der Waals surface area contributed by atoms with Gasteiger partial charge in [-0.25, -0.2) is 0 Å². The lowest BCUT2D eigenvalue weighted by Crippen LogP contribution is -2.60. The average Bonchev–Trinajstić information content (AvgIpc) is 0.922. The van der Waals surface area contributed by atoms with Crippen molar-refractivity contribution < 1.29 is 81.6 Å². The summed E-state index contributed by atoms with van der Waals surface area (Å²) >= 11 is 3.58. The summed E-state index contributed by atoms with van der Waals surface area (Å²) in [7, 11) is 0. The maximum absolute atomic E-state index is 14.4. The number of ether oxygens (including phenoxy) is 4. The van der Waals surface area contributed by atoms with Gasteiger partial charge in [0, 0.05) is 66.0 Å². The molecule has 1 aromatic rings. The molecule has 7 atom stereocenters. The number of nitrogens with zero attached hydrogens (tertiary/aromatic N) is 1. The van der Waals surface area contributed by atoms with E-state index in [0.29, 0.717) is 64.5 Å². The summed E-state index contributed by atoms with van der Waals surface area (Å²) in [5.74, 6) is -10.5. The van der Waals surface area contributed by atoms with Gasteiger partial charge in [0.1, 0.15) is 55.5 Å². The van der Waals surface area contributed by atoms with Gasteiger partial charge in [-0.05, 0) is 58.1 Å². The second kappa shape index (κ2) is 48.6. The maximum atomic E-state index is 14.4. The Morgan fingerprint density at radius 2 is 1.13 bits per heavy atom. The van der Waals surface area contributed by atoms with E-state index in [1.807, 2.05) is 48.5 Å². The molecular formula is C60H103N15O17S3.